The van der Waals surface area contributed by atoms with Gasteiger partial charge in [0.1, 0.15) is 0 Å². The Labute approximate surface area is 147 Å². The van der Waals surface area contributed by atoms with Crippen molar-refractivity contribution in [2.45, 2.75) is 39.7 Å². The molecule has 136 valence electrons. The Morgan fingerprint density at radius 1 is 1.20 bits per heavy atom. The maximum absolute atomic E-state index is 12.6. The maximum atomic E-state index is 12.6. The Morgan fingerprint density at radius 2 is 1.84 bits per heavy atom. The molecule has 0 aliphatic carbocycles. The van der Waals surface area contributed by atoms with Gasteiger partial charge < -0.3 is 20.6 Å². The Hall–Kier alpha value is -2.57. The number of hydrogen-bond acceptors (Lipinski definition) is 3. The molecule has 1 aromatic rings. The number of nitrogens with zero attached hydrogens (tertiary/aromatic N) is 1. The van der Waals surface area contributed by atoms with Crippen molar-refractivity contribution >= 4 is 23.6 Å². The van der Waals surface area contributed by atoms with Crippen molar-refractivity contribution in [1.82, 2.24) is 10.2 Å². The number of benzene rings is 1. The number of urea groups is 1. The molecular formula is C18H25N3O4. The first-order chi connectivity index (χ1) is 11.7. The van der Waals surface area contributed by atoms with Gasteiger partial charge in [-0.3, -0.25) is 9.59 Å². The summed E-state index contributed by atoms with van der Waals surface area (Å²) in [6.45, 7) is 6.17. The van der Waals surface area contributed by atoms with E-state index >= 15 is 0 Å². The van der Waals surface area contributed by atoms with Crippen molar-refractivity contribution in [1.29, 1.82) is 0 Å². The van der Waals surface area contributed by atoms with Crippen molar-refractivity contribution < 1.29 is 19.5 Å². The van der Waals surface area contributed by atoms with E-state index in [1.54, 1.807) is 36.1 Å². The van der Waals surface area contributed by atoms with Gasteiger partial charge in [-0.2, -0.15) is 0 Å². The molecule has 7 nitrogen and oxygen atoms in total. The third-order valence-electron chi connectivity index (χ3n) is 4.31. The van der Waals surface area contributed by atoms with E-state index in [-0.39, 0.29) is 24.5 Å². The lowest BCUT2D eigenvalue weighted by Gasteiger charge is -2.37. The number of carbonyl (C=O) groups is 3. The van der Waals surface area contributed by atoms with Gasteiger partial charge in [0.05, 0.1) is 5.41 Å². The molecule has 0 aromatic heterocycles. The zero-order valence-corrected chi connectivity index (χ0v) is 14.8. The second-order valence-corrected chi connectivity index (χ2v) is 7.03. The SMILES string of the molecule is CC(C)NC(=O)Nc1ccc(C(=O)N2CCCC(C)(C(=O)O)C2)cc1. The van der Waals surface area contributed by atoms with Crippen molar-refractivity contribution in [2.24, 2.45) is 5.41 Å². The fraction of sp³-hybridized carbons (Fsp3) is 0.500. The summed E-state index contributed by atoms with van der Waals surface area (Å²) >= 11 is 0. The number of anilines is 1. The Balaban J connectivity index is 2.03. The van der Waals surface area contributed by atoms with Crippen molar-refractivity contribution in [3.8, 4) is 0 Å². The van der Waals surface area contributed by atoms with E-state index < -0.39 is 11.4 Å². The van der Waals surface area contributed by atoms with Crippen LogP contribution in [0.1, 0.15) is 44.0 Å². The zero-order chi connectivity index (χ0) is 18.6. The van der Waals surface area contributed by atoms with Crippen LogP contribution in [0, 0.1) is 5.41 Å². The summed E-state index contributed by atoms with van der Waals surface area (Å²) in [7, 11) is 0. The van der Waals surface area contributed by atoms with Crippen LogP contribution in [0.25, 0.3) is 0 Å². The monoisotopic (exact) mass is 347 g/mol. The number of carbonyl (C=O) groups excluding carboxylic acids is 2. The Kier molecular flexibility index (Phi) is 5.66. The molecule has 1 aliphatic rings. The molecule has 1 fully saturated rings. The summed E-state index contributed by atoms with van der Waals surface area (Å²) in [6.07, 6.45) is 1.24. The second-order valence-electron chi connectivity index (χ2n) is 7.03. The lowest BCUT2D eigenvalue weighted by atomic mass is 9.82. The van der Waals surface area contributed by atoms with E-state index in [0.29, 0.717) is 30.6 Å². The molecule has 1 aromatic carbocycles. The average Bonchev–Trinajstić information content (AvgIpc) is 2.54. The van der Waals surface area contributed by atoms with E-state index in [4.69, 9.17) is 0 Å². The molecule has 1 unspecified atom stereocenters. The topological polar surface area (TPSA) is 98.7 Å². The third kappa shape index (κ3) is 4.71. The van der Waals surface area contributed by atoms with E-state index in [2.05, 4.69) is 10.6 Å². The molecular weight excluding hydrogens is 322 g/mol. The van der Waals surface area contributed by atoms with Gasteiger partial charge in [-0.25, -0.2) is 4.79 Å². The van der Waals surface area contributed by atoms with Crippen LogP contribution in [0.15, 0.2) is 24.3 Å². The quantitative estimate of drug-likeness (QED) is 0.779. The average molecular weight is 347 g/mol. The van der Waals surface area contributed by atoms with E-state index in [1.165, 1.54) is 0 Å². The van der Waals surface area contributed by atoms with Crippen molar-refractivity contribution in [2.75, 3.05) is 18.4 Å². The van der Waals surface area contributed by atoms with Crippen LogP contribution >= 0.6 is 0 Å². The van der Waals surface area contributed by atoms with Gasteiger partial charge in [0.15, 0.2) is 0 Å². The highest BCUT2D eigenvalue weighted by Gasteiger charge is 2.39. The number of amides is 3. The first kappa shape index (κ1) is 18.8. The molecule has 0 bridgehead atoms. The summed E-state index contributed by atoms with van der Waals surface area (Å²) in [4.78, 5) is 37.3. The number of nitrogens with one attached hydrogen (secondary N) is 2. The van der Waals surface area contributed by atoms with Crippen molar-refractivity contribution in [3.05, 3.63) is 29.8 Å². The number of carboxylic acids is 1. The number of piperidine rings is 1. The molecule has 1 aliphatic heterocycles. The van der Waals surface area contributed by atoms with Gasteiger partial charge in [0.25, 0.3) is 5.91 Å². The molecule has 3 amide bonds. The summed E-state index contributed by atoms with van der Waals surface area (Å²) in [5.41, 5.74) is 0.165. The highest BCUT2D eigenvalue weighted by atomic mass is 16.4. The smallest absolute Gasteiger partial charge is 0.319 e. The van der Waals surface area contributed by atoms with E-state index in [9.17, 15) is 19.5 Å². The molecule has 1 heterocycles. The van der Waals surface area contributed by atoms with Gasteiger partial charge in [0, 0.05) is 30.4 Å². The predicted molar refractivity (Wildman–Crippen MR) is 94.6 cm³/mol. The molecule has 0 spiro atoms. The molecule has 2 rings (SSSR count). The van der Waals surface area contributed by atoms with E-state index in [1.807, 2.05) is 13.8 Å². The minimum Gasteiger partial charge on any atom is -0.481 e. The van der Waals surface area contributed by atoms with Crippen LogP contribution < -0.4 is 10.6 Å². The first-order valence-electron chi connectivity index (χ1n) is 8.41. The first-order valence-corrected chi connectivity index (χ1v) is 8.41. The second kappa shape index (κ2) is 7.55. The van der Waals surface area contributed by atoms with Gasteiger partial charge >= 0.3 is 12.0 Å². The summed E-state index contributed by atoms with van der Waals surface area (Å²) in [6, 6.07) is 6.33. The molecule has 1 saturated heterocycles. The highest BCUT2D eigenvalue weighted by molar-refractivity contribution is 5.96. The van der Waals surface area contributed by atoms with Crippen LogP contribution in [-0.4, -0.2) is 47.0 Å². The molecule has 3 N–H and O–H groups in total. The highest BCUT2D eigenvalue weighted by Crippen LogP contribution is 2.30. The van der Waals surface area contributed by atoms with E-state index in [0.717, 1.165) is 0 Å². The minimum absolute atomic E-state index is 0.0310. The van der Waals surface area contributed by atoms with Crippen LogP contribution in [0.4, 0.5) is 10.5 Å². The summed E-state index contributed by atoms with van der Waals surface area (Å²) < 4.78 is 0. The lowest BCUT2D eigenvalue weighted by molar-refractivity contribution is -0.150. The summed E-state index contributed by atoms with van der Waals surface area (Å²) in [5, 5.41) is 14.8. The van der Waals surface area contributed by atoms with Gasteiger partial charge in [-0.15, -0.1) is 0 Å². The van der Waals surface area contributed by atoms with Gasteiger partial charge in [0.2, 0.25) is 0 Å². The normalized spacial score (nSPS) is 20.2. The van der Waals surface area contributed by atoms with Gasteiger partial charge in [-0.05, 0) is 57.9 Å². The Bertz CT molecular complexity index is 657. The van der Waals surface area contributed by atoms with Crippen LogP contribution in [0.3, 0.4) is 0 Å². The van der Waals surface area contributed by atoms with Gasteiger partial charge in [-0.1, -0.05) is 0 Å². The predicted octanol–water partition coefficient (Wildman–Crippen LogP) is 2.54. The van der Waals surface area contributed by atoms with Crippen LogP contribution in [0.5, 0.6) is 0 Å². The number of aliphatic carboxylic acids is 1. The fourth-order valence-electron chi connectivity index (χ4n) is 2.90. The molecule has 7 heteroatoms. The third-order valence-corrected chi connectivity index (χ3v) is 4.31. The molecule has 1 atom stereocenters. The lowest BCUT2D eigenvalue weighted by Crippen LogP contribution is -2.48. The number of rotatable bonds is 4. The molecule has 0 radical (unpaired) electrons. The number of carboxylic acid groups (broad SMARTS) is 1. The number of likely N-dealkylation sites (tertiary alicyclic amines) is 1. The van der Waals surface area contributed by atoms with Crippen molar-refractivity contribution in [3.63, 3.8) is 0 Å². The molecule has 25 heavy (non-hydrogen) atoms. The maximum Gasteiger partial charge on any atom is 0.319 e. The fourth-order valence-corrected chi connectivity index (χ4v) is 2.90. The van der Waals surface area contributed by atoms with Crippen LogP contribution in [-0.2, 0) is 4.79 Å². The number of hydrogen-bond donors (Lipinski definition) is 3. The Morgan fingerprint density at radius 3 is 2.40 bits per heavy atom. The largest absolute Gasteiger partial charge is 0.481 e. The standard InChI is InChI=1S/C18H25N3O4/c1-12(2)19-17(25)20-14-7-5-13(6-8-14)15(22)21-10-4-9-18(3,11-21)16(23)24/h5-8,12H,4,9-11H2,1-3H3,(H,23,24)(H2,19,20,25). The van der Waals surface area contributed by atoms with Crippen LogP contribution in [0.2, 0.25) is 0 Å². The zero-order valence-electron chi connectivity index (χ0n) is 14.8. The summed E-state index contributed by atoms with van der Waals surface area (Å²) in [5.74, 6) is -1.06. The molecule has 0 saturated carbocycles. The minimum atomic E-state index is -0.898.